The Morgan fingerprint density at radius 3 is 2.78 bits per heavy atom. The third-order valence-electron chi connectivity index (χ3n) is 3.29. The molecule has 100 valence electrons. The summed E-state index contributed by atoms with van der Waals surface area (Å²) in [6.45, 7) is 2.34. The van der Waals surface area contributed by atoms with Crippen LogP contribution in [0.15, 0.2) is 15.6 Å². The van der Waals surface area contributed by atoms with Crippen LogP contribution in [-0.4, -0.2) is 17.2 Å². The van der Waals surface area contributed by atoms with Gasteiger partial charge in [-0.05, 0) is 19.8 Å². The molecule has 2 rings (SSSR count). The van der Waals surface area contributed by atoms with Crippen molar-refractivity contribution >= 4 is 5.96 Å². The van der Waals surface area contributed by atoms with Gasteiger partial charge in [0.2, 0.25) is 0 Å². The molecule has 1 saturated carbocycles. The number of hydrogen-bond acceptors (Lipinski definition) is 3. The molecule has 5 nitrogen and oxygen atoms in total. The lowest BCUT2D eigenvalue weighted by molar-refractivity contribution is 0.381. The zero-order chi connectivity index (χ0) is 12.8. The molecule has 0 atom stereocenters. The fourth-order valence-electron chi connectivity index (χ4n) is 2.33. The molecule has 0 unspecified atom stereocenters. The predicted molar refractivity (Wildman–Crippen MR) is 71.2 cm³/mol. The third-order valence-corrected chi connectivity index (χ3v) is 3.29. The van der Waals surface area contributed by atoms with E-state index >= 15 is 0 Å². The Kier molecular flexibility index (Phi) is 4.61. The zero-order valence-electron chi connectivity index (χ0n) is 11.0. The molecule has 1 fully saturated rings. The van der Waals surface area contributed by atoms with E-state index in [4.69, 9.17) is 10.3 Å². The quantitative estimate of drug-likeness (QED) is 0.489. The lowest BCUT2D eigenvalue weighted by Gasteiger charge is -2.16. The van der Waals surface area contributed by atoms with Gasteiger partial charge in [-0.25, -0.2) is 4.99 Å². The molecule has 3 N–H and O–H groups in total. The van der Waals surface area contributed by atoms with Crippen molar-refractivity contribution in [1.82, 2.24) is 10.5 Å². The van der Waals surface area contributed by atoms with Crippen LogP contribution < -0.4 is 11.1 Å². The molecule has 0 aliphatic heterocycles. The van der Waals surface area contributed by atoms with Crippen molar-refractivity contribution in [3.05, 3.63) is 17.5 Å². The molecule has 0 amide bonds. The number of aryl methyl sites for hydroxylation is 1. The minimum absolute atomic E-state index is 0.451. The summed E-state index contributed by atoms with van der Waals surface area (Å²) in [5, 5.41) is 7.12. The van der Waals surface area contributed by atoms with Gasteiger partial charge in [-0.3, -0.25) is 0 Å². The van der Waals surface area contributed by atoms with E-state index in [0.717, 1.165) is 11.5 Å². The number of nitrogens with zero attached hydrogens (tertiary/aromatic N) is 2. The number of guanidine groups is 1. The molecule has 0 radical (unpaired) electrons. The molecule has 1 aliphatic rings. The van der Waals surface area contributed by atoms with Crippen molar-refractivity contribution < 1.29 is 4.52 Å². The van der Waals surface area contributed by atoms with Crippen LogP contribution in [0.2, 0.25) is 0 Å². The Morgan fingerprint density at radius 1 is 1.44 bits per heavy atom. The van der Waals surface area contributed by atoms with Crippen LogP contribution in [0.3, 0.4) is 0 Å². The van der Waals surface area contributed by atoms with Gasteiger partial charge in [0, 0.05) is 12.1 Å². The first-order valence-electron chi connectivity index (χ1n) is 6.72. The van der Waals surface area contributed by atoms with Crippen LogP contribution in [0, 0.1) is 6.92 Å². The maximum absolute atomic E-state index is 5.89. The maximum atomic E-state index is 5.89. The molecule has 0 bridgehead atoms. The first-order valence-corrected chi connectivity index (χ1v) is 6.72. The zero-order valence-corrected chi connectivity index (χ0v) is 11.0. The maximum Gasteiger partial charge on any atom is 0.189 e. The standard InChI is InChI=1S/C13H22N4O/c1-10-8-12(18-17-10)9-15-13(14)16-11-6-4-2-3-5-7-11/h8,11H,2-7,9H2,1H3,(H3,14,15,16). The highest BCUT2D eigenvalue weighted by atomic mass is 16.5. The monoisotopic (exact) mass is 250 g/mol. The minimum Gasteiger partial charge on any atom is -0.370 e. The first-order chi connectivity index (χ1) is 8.74. The van der Waals surface area contributed by atoms with Crippen LogP contribution in [0.1, 0.15) is 50.0 Å². The van der Waals surface area contributed by atoms with Gasteiger partial charge < -0.3 is 15.6 Å². The van der Waals surface area contributed by atoms with E-state index in [1.807, 2.05) is 13.0 Å². The van der Waals surface area contributed by atoms with Gasteiger partial charge in [-0.2, -0.15) is 0 Å². The number of hydrogen-bond donors (Lipinski definition) is 2. The molecule has 0 saturated heterocycles. The Balaban J connectivity index is 1.80. The fraction of sp³-hybridized carbons (Fsp3) is 0.692. The Morgan fingerprint density at radius 2 is 2.17 bits per heavy atom. The number of aliphatic imine (C=N–C) groups is 1. The summed E-state index contributed by atoms with van der Waals surface area (Å²) in [7, 11) is 0. The van der Waals surface area contributed by atoms with Gasteiger partial charge in [-0.1, -0.05) is 30.8 Å². The molecule has 1 aliphatic carbocycles. The number of nitrogens with one attached hydrogen (secondary N) is 1. The second-order valence-corrected chi connectivity index (χ2v) is 4.97. The second-order valence-electron chi connectivity index (χ2n) is 4.97. The summed E-state index contributed by atoms with van der Waals surface area (Å²) in [4.78, 5) is 4.28. The van der Waals surface area contributed by atoms with Crippen molar-refractivity contribution in [3.63, 3.8) is 0 Å². The largest absolute Gasteiger partial charge is 0.370 e. The van der Waals surface area contributed by atoms with Crippen molar-refractivity contribution in [3.8, 4) is 0 Å². The number of rotatable bonds is 3. The Bertz CT molecular complexity index is 391. The van der Waals surface area contributed by atoms with Crippen molar-refractivity contribution in [2.24, 2.45) is 10.7 Å². The third kappa shape index (κ3) is 4.05. The van der Waals surface area contributed by atoms with Gasteiger partial charge >= 0.3 is 0 Å². The van der Waals surface area contributed by atoms with E-state index in [-0.39, 0.29) is 0 Å². The predicted octanol–water partition coefficient (Wildman–Crippen LogP) is 2.11. The van der Waals surface area contributed by atoms with Gasteiger partial charge in [0.25, 0.3) is 0 Å². The highest BCUT2D eigenvalue weighted by Crippen LogP contribution is 2.16. The molecule has 1 heterocycles. The first kappa shape index (κ1) is 12.9. The van der Waals surface area contributed by atoms with E-state index in [0.29, 0.717) is 18.5 Å². The van der Waals surface area contributed by atoms with Gasteiger partial charge in [0.05, 0.1) is 5.69 Å². The van der Waals surface area contributed by atoms with Crippen LogP contribution in [0.4, 0.5) is 0 Å². The van der Waals surface area contributed by atoms with Crippen LogP contribution in [0.5, 0.6) is 0 Å². The molecular weight excluding hydrogens is 228 g/mol. The van der Waals surface area contributed by atoms with E-state index in [2.05, 4.69) is 15.5 Å². The molecule has 0 aromatic carbocycles. The van der Waals surface area contributed by atoms with E-state index in [1.165, 1.54) is 38.5 Å². The molecule has 0 spiro atoms. The van der Waals surface area contributed by atoms with Crippen molar-refractivity contribution in [1.29, 1.82) is 0 Å². The topological polar surface area (TPSA) is 76.4 Å². The number of nitrogens with two attached hydrogens (primary N) is 1. The molecule has 1 aromatic rings. The normalized spacial score (nSPS) is 18.6. The van der Waals surface area contributed by atoms with Gasteiger partial charge in [0.15, 0.2) is 11.7 Å². The molecule has 18 heavy (non-hydrogen) atoms. The Labute approximate surface area is 108 Å². The van der Waals surface area contributed by atoms with Crippen LogP contribution >= 0.6 is 0 Å². The molecule has 5 heteroatoms. The summed E-state index contributed by atoms with van der Waals surface area (Å²) >= 11 is 0. The lowest BCUT2D eigenvalue weighted by Crippen LogP contribution is -2.39. The van der Waals surface area contributed by atoms with Crippen LogP contribution in [0.25, 0.3) is 0 Å². The van der Waals surface area contributed by atoms with Crippen molar-refractivity contribution in [2.45, 2.75) is 58.0 Å². The van der Waals surface area contributed by atoms with Crippen LogP contribution in [-0.2, 0) is 6.54 Å². The highest BCUT2D eigenvalue weighted by molar-refractivity contribution is 5.78. The smallest absolute Gasteiger partial charge is 0.189 e. The fourth-order valence-corrected chi connectivity index (χ4v) is 2.33. The number of aromatic nitrogens is 1. The van der Waals surface area contributed by atoms with E-state index in [1.54, 1.807) is 0 Å². The molecule has 1 aromatic heterocycles. The summed E-state index contributed by atoms with van der Waals surface area (Å²) in [5.74, 6) is 1.26. The van der Waals surface area contributed by atoms with Crippen molar-refractivity contribution in [2.75, 3.05) is 0 Å². The summed E-state index contributed by atoms with van der Waals surface area (Å²) < 4.78 is 5.08. The van der Waals surface area contributed by atoms with Gasteiger partial charge in [-0.15, -0.1) is 0 Å². The second kappa shape index (κ2) is 6.42. The summed E-state index contributed by atoms with van der Waals surface area (Å²) in [6.07, 6.45) is 7.63. The lowest BCUT2D eigenvalue weighted by atomic mass is 10.1. The highest BCUT2D eigenvalue weighted by Gasteiger charge is 2.12. The van der Waals surface area contributed by atoms with E-state index < -0.39 is 0 Å². The summed E-state index contributed by atoms with van der Waals surface area (Å²) in [5.41, 5.74) is 6.76. The summed E-state index contributed by atoms with van der Waals surface area (Å²) in [6, 6.07) is 2.36. The average molecular weight is 250 g/mol. The van der Waals surface area contributed by atoms with Gasteiger partial charge in [0.1, 0.15) is 6.54 Å². The SMILES string of the molecule is Cc1cc(CN=C(N)NC2CCCCCC2)on1. The minimum atomic E-state index is 0.451. The Hall–Kier alpha value is -1.52. The molecular formula is C13H22N4O. The average Bonchev–Trinajstić information content (AvgIpc) is 2.60. The van der Waals surface area contributed by atoms with E-state index in [9.17, 15) is 0 Å².